The summed E-state index contributed by atoms with van der Waals surface area (Å²) < 4.78 is 53.1. The molecule has 1 amide bonds. The Labute approximate surface area is 158 Å². The summed E-state index contributed by atoms with van der Waals surface area (Å²) in [6.07, 6.45) is -4.57. The van der Waals surface area contributed by atoms with Gasteiger partial charge >= 0.3 is 6.18 Å². The Hall–Kier alpha value is -2.13. The molecule has 2 aromatic rings. The highest BCUT2D eigenvalue weighted by Gasteiger charge is 2.36. The molecule has 0 aliphatic carbocycles. The molecule has 146 valence electrons. The largest absolute Gasteiger partial charge is 0.433 e. The van der Waals surface area contributed by atoms with Gasteiger partial charge in [-0.05, 0) is 12.1 Å². The molecule has 1 fully saturated rings. The number of amides is 1. The number of nitrogens with zero attached hydrogens (tertiary/aromatic N) is 4. The molecule has 3 rings (SSSR count). The number of hydrogen-bond acceptors (Lipinski definition) is 3. The van der Waals surface area contributed by atoms with Crippen molar-refractivity contribution in [3.05, 3.63) is 52.1 Å². The van der Waals surface area contributed by atoms with Gasteiger partial charge < -0.3 is 4.90 Å². The van der Waals surface area contributed by atoms with Crippen LogP contribution in [0.5, 0.6) is 0 Å². The minimum atomic E-state index is -4.57. The Bertz CT molecular complexity index is 824. The van der Waals surface area contributed by atoms with E-state index in [1.165, 1.54) is 17.0 Å². The van der Waals surface area contributed by atoms with Gasteiger partial charge in [-0.1, -0.05) is 17.7 Å². The van der Waals surface area contributed by atoms with Crippen molar-refractivity contribution in [2.75, 3.05) is 26.2 Å². The summed E-state index contributed by atoms with van der Waals surface area (Å²) in [7, 11) is 1.15. The van der Waals surface area contributed by atoms with Crippen LogP contribution in [-0.4, -0.2) is 51.7 Å². The predicted octanol–water partition coefficient (Wildman–Crippen LogP) is 3.19. The third kappa shape index (κ3) is 4.24. The van der Waals surface area contributed by atoms with Gasteiger partial charge in [0.05, 0.1) is 0 Å². The number of hydrogen-bond donors (Lipinski definition) is 0. The number of rotatable bonds is 3. The van der Waals surface area contributed by atoms with Crippen LogP contribution in [0.25, 0.3) is 0 Å². The van der Waals surface area contributed by atoms with Crippen molar-refractivity contribution >= 4 is 17.5 Å². The molecule has 1 aromatic carbocycles. The fourth-order valence-corrected chi connectivity index (χ4v) is 3.24. The van der Waals surface area contributed by atoms with Crippen LogP contribution >= 0.6 is 11.6 Å². The van der Waals surface area contributed by atoms with E-state index in [-0.39, 0.29) is 5.69 Å². The van der Waals surface area contributed by atoms with E-state index in [1.807, 2.05) is 4.90 Å². The molecule has 27 heavy (non-hydrogen) atoms. The van der Waals surface area contributed by atoms with E-state index in [1.54, 1.807) is 6.07 Å². The van der Waals surface area contributed by atoms with Crippen LogP contribution in [-0.2, 0) is 19.8 Å². The first-order valence-corrected chi connectivity index (χ1v) is 8.60. The van der Waals surface area contributed by atoms with E-state index < -0.39 is 23.6 Å². The molecule has 0 saturated carbocycles. The van der Waals surface area contributed by atoms with E-state index in [4.69, 9.17) is 11.6 Å². The summed E-state index contributed by atoms with van der Waals surface area (Å²) >= 11 is 6.03. The summed E-state index contributed by atoms with van der Waals surface area (Å²) in [5, 5.41) is 4.02. The Morgan fingerprint density at radius 1 is 1.22 bits per heavy atom. The Kier molecular flexibility index (Phi) is 5.43. The lowest BCUT2D eigenvalue weighted by molar-refractivity contribution is -0.143. The second-order valence-corrected chi connectivity index (χ2v) is 6.71. The predicted molar refractivity (Wildman–Crippen MR) is 90.8 cm³/mol. The molecule has 5 nitrogen and oxygen atoms in total. The molecule has 0 spiro atoms. The molecule has 1 aliphatic heterocycles. The summed E-state index contributed by atoms with van der Waals surface area (Å²) in [4.78, 5) is 15.8. The Balaban J connectivity index is 1.63. The van der Waals surface area contributed by atoms with E-state index >= 15 is 0 Å². The highest BCUT2D eigenvalue weighted by molar-refractivity contribution is 6.31. The zero-order valence-corrected chi connectivity index (χ0v) is 15.2. The van der Waals surface area contributed by atoms with Gasteiger partial charge in [-0.3, -0.25) is 14.4 Å². The molecular weight excluding hydrogens is 388 g/mol. The number of carbonyl (C=O) groups excluding carboxylic acids is 1. The SMILES string of the molecule is Cn1nc(C(=O)N2CCN(Cc3c(F)cccc3Cl)CC2)cc1C(F)(F)F. The fraction of sp³-hybridized carbons (Fsp3) is 0.412. The molecule has 1 aromatic heterocycles. The third-order valence-corrected chi connectivity index (χ3v) is 4.85. The summed E-state index contributed by atoms with van der Waals surface area (Å²) in [5.41, 5.74) is -0.826. The number of aromatic nitrogens is 2. The lowest BCUT2D eigenvalue weighted by atomic mass is 10.1. The maximum Gasteiger partial charge on any atom is 0.433 e. The highest BCUT2D eigenvalue weighted by atomic mass is 35.5. The molecule has 1 aliphatic rings. The lowest BCUT2D eigenvalue weighted by Gasteiger charge is -2.34. The van der Waals surface area contributed by atoms with Crippen molar-refractivity contribution in [3.63, 3.8) is 0 Å². The monoisotopic (exact) mass is 404 g/mol. The lowest BCUT2D eigenvalue weighted by Crippen LogP contribution is -2.48. The molecule has 0 bridgehead atoms. The summed E-state index contributed by atoms with van der Waals surface area (Å²) in [5.74, 6) is -0.946. The van der Waals surface area contributed by atoms with Gasteiger partial charge in [-0.25, -0.2) is 4.39 Å². The zero-order valence-electron chi connectivity index (χ0n) is 14.4. The molecule has 0 N–H and O–H groups in total. The van der Waals surface area contributed by atoms with Crippen molar-refractivity contribution in [1.82, 2.24) is 19.6 Å². The molecule has 0 radical (unpaired) electrons. The molecule has 0 atom stereocenters. The molecular formula is C17H17ClF4N4O. The van der Waals surface area contributed by atoms with Crippen LogP contribution < -0.4 is 0 Å². The van der Waals surface area contributed by atoms with Crippen LogP contribution in [0.3, 0.4) is 0 Å². The van der Waals surface area contributed by atoms with E-state index in [0.29, 0.717) is 48.0 Å². The van der Waals surface area contributed by atoms with Crippen molar-refractivity contribution in [2.24, 2.45) is 7.05 Å². The van der Waals surface area contributed by atoms with Crippen LogP contribution in [0.4, 0.5) is 17.6 Å². The quantitative estimate of drug-likeness (QED) is 0.738. The number of alkyl halides is 3. The fourth-order valence-electron chi connectivity index (χ4n) is 3.02. The third-order valence-electron chi connectivity index (χ3n) is 4.49. The summed E-state index contributed by atoms with van der Waals surface area (Å²) in [6.45, 7) is 1.83. The molecule has 2 heterocycles. The van der Waals surface area contributed by atoms with E-state index in [9.17, 15) is 22.4 Å². The van der Waals surface area contributed by atoms with Crippen molar-refractivity contribution in [1.29, 1.82) is 0 Å². The van der Waals surface area contributed by atoms with Crippen LogP contribution in [0.15, 0.2) is 24.3 Å². The Morgan fingerprint density at radius 2 is 1.89 bits per heavy atom. The number of aryl methyl sites for hydroxylation is 1. The number of carbonyl (C=O) groups is 1. The highest BCUT2D eigenvalue weighted by Crippen LogP contribution is 2.29. The van der Waals surface area contributed by atoms with Crippen molar-refractivity contribution in [2.45, 2.75) is 12.7 Å². The first-order valence-electron chi connectivity index (χ1n) is 8.22. The van der Waals surface area contributed by atoms with E-state index in [0.717, 1.165) is 13.1 Å². The van der Waals surface area contributed by atoms with Gasteiger partial charge in [0.15, 0.2) is 5.69 Å². The summed E-state index contributed by atoms with van der Waals surface area (Å²) in [6, 6.07) is 5.23. The van der Waals surface area contributed by atoms with Crippen molar-refractivity contribution in [3.8, 4) is 0 Å². The minimum Gasteiger partial charge on any atom is -0.335 e. The first kappa shape index (κ1) is 19.6. The molecule has 0 unspecified atom stereocenters. The first-order chi connectivity index (χ1) is 12.7. The normalized spacial score (nSPS) is 16.0. The molecule has 10 heteroatoms. The molecule has 1 saturated heterocycles. The van der Waals surface area contributed by atoms with Crippen LogP contribution in [0.1, 0.15) is 21.7 Å². The second-order valence-electron chi connectivity index (χ2n) is 6.30. The topological polar surface area (TPSA) is 41.4 Å². The zero-order chi connectivity index (χ0) is 19.8. The van der Waals surface area contributed by atoms with Crippen LogP contribution in [0.2, 0.25) is 5.02 Å². The van der Waals surface area contributed by atoms with Gasteiger partial charge in [0.25, 0.3) is 5.91 Å². The van der Waals surface area contributed by atoms with Gasteiger partial charge in [-0.15, -0.1) is 0 Å². The second kappa shape index (κ2) is 7.47. The number of benzene rings is 1. The van der Waals surface area contributed by atoms with E-state index in [2.05, 4.69) is 5.10 Å². The maximum atomic E-state index is 13.9. The number of halogens is 5. The Morgan fingerprint density at radius 3 is 2.44 bits per heavy atom. The van der Waals surface area contributed by atoms with Crippen LogP contribution in [0, 0.1) is 5.82 Å². The maximum absolute atomic E-state index is 13.9. The van der Waals surface area contributed by atoms with Gasteiger partial charge in [0.2, 0.25) is 0 Å². The smallest absolute Gasteiger partial charge is 0.335 e. The average molecular weight is 405 g/mol. The van der Waals surface area contributed by atoms with Gasteiger partial charge in [0, 0.05) is 56.4 Å². The van der Waals surface area contributed by atoms with Gasteiger partial charge in [0.1, 0.15) is 11.5 Å². The number of piperazine rings is 1. The van der Waals surface area contributed by atoms with Gasteiger partial charge in [-0.2, -0.15) is 18.3 Å². The average Bonchev–Trinajstić information content (AvgIpc) is 3.00. The minimum absolute atomic E-state index is 0.240. The standard InChI is InChI=1S/C17H17ClF4N4O/c1-24-15(17(20,21)22)9-14(23-24)16(27)26-7-5-25(6-8-26)10-11-12(18)3-2-4-13(11)19/h2-4,9H,5-8,10H2,1H3. The van der Waals surface area contributed by atoms with Crippen molar-refractivity contribution < 1.29 is 22.4 Å².